The number of nitrogens with zero attached hydrogens (tertiary/aromatic N) is 4. The number of hydrogen-bond donors (Lipinski definition) is 2. The molecule has 0 radical (unpaired) electrons. The van der Waals surface area contributed by atoms with Crippen molar-refractivity contribution >= 4 is 22.4 Å². The highest BCUT2D eigenvalue weighted by Crippen LogP contribution is 2.37. The molecule has 40 heavy (non-hydrogen) atoms. The van der Waals surface area contributed by atoms with Crippen molar-refractivity contribution in [2.75, 3.05) is 18.4 Å². The SMILES string of the molecule is CCN(CCc1nc(Nc2ccc(C(F)(F)F)cc2)c2ccc(-c3ncccc3C(F)(F)F)cc2n1)NC(C)C. The quantitative estimate of drug-likeness (QED) is 0.166. The maximum Gasteiger partial charge on any atom is 0.418 e. The van der Waals surface area contributed by atoms with Crippen LogP contribution < -0.4 is 10.7 Å². The standard InChI is InChI=1S/C28H28F6N6/c1-4-40(39-17(2)3)15-13-24-37-23-16-18(25-22(28(32,33)34)6-5-14-35-25)7-12-21(23)26(38-24)36-20-10-8-19(9-11-20)27(29,30)31/h5-12,14,16-17,39H,4,13,15H2,1-3H3,(H,36,37,38). The van der Waals surface area contributed by atoms with Crippen molar-refractivity contribution < 1.29 is 26.3 Å². The maximum atomic E-state index is 13.7. The molecule has 4 rings (SSSR count). The van der Waals surface area contributed by atoms with Crippen LogP contribution in [0.4, 0.5) is 37.8 Å². The summed E-state index contributed by atoms with van der Waals surface area (Å²) in [4.78, 5) is 13.2. The summed E-state index contributed by atoms with van der Waals surface area (Å²) in [5, 5.41) is 5.54. The van der Waals surface area contributed by atoms with E-state index in [1.54, 1.807) is 6.07 Å². The third kappa shape index (κ3) is 7.05. The Hall–Kier alpha value is -3.77. The molecule has 0 fully saturated rings. The van der Waals surface area contributed by atoms with Crippen LogP contribution >= 0.6 is 0 Å². The number of hydrazine groups is 1. The topological polar surface area (TPSA) is 66.0 Å². The molecule has 0 aliphatic rings. The van der Waals surface area contributed by atoms with Crippen LogP contribution in [0.5, 0.6) is 0 Å². The van der Waals surface area contributed by atoms with Gasteiger partial charge in [0.25, 0.3) is 0 Å². The van der Waals surface area contributed by atoms with Crippen molar-refractivity contribution in [1.29, 1.82) is 0 Å². The number of anilines is 2. The third-order valence-electron chi connectivity index (χ3n) is 6.03. The van der Waals surface area contributed by atoms with Crippen molar-refractivity contribution in [3.05, 3.63) is 77.7 Å². The van der Waals surface area contributed by atoms with Gasteiger partial charge in [0.15, 0.2) is 0 Å². The number of benzene rings is 2. The van der Waals surface area contributed by atoms with Crippen molar-refractivity contribution in [2.45, 2.75) is 45.6 Å². The van der Waals surface area contributed by atoms with E-state index in [0.717, 1.165) is 18.2 Å². The average molecular weight is 563 g/mol. The number of halogens is 6. The largest absolute Gasteiger partial charge is 0.418 e. The first kappa shape index (κ1) is 29.2. The predicted molar refractivity (Wildman–Crippen MR) is 142 cm³/mol. The summed E-state index contributed by atoms with van der Waals surface area (Å²) in [5.41, 5.74) is 2.39. The Balaban J connectivity index is 1.76. The second-order valence-corrected chi connectivity index (χ2v) is 9.43. The Kier molecular flexibility index (Phi) is 8.59. The second kappa shape index (κ2) is 11.8. The number of fused-ring (bicyclic) bond motifs is 1. The molecule has 0 atom stereocenters. The number of nitrogens with one attached hydrogen (secondary N) is 2. The van der Waals surface area contributed by atoms with E-state index in [2.05, 4.69) is 25.7 Å². The maximum absolute atomic E-state index is 13.7. The fourth-order valence-corrected chi connectivity index (χ4v) is 4.19. The van der Waals surface area contributed by atoms with Gasteiger partial charge < -0.3 is 5.32 Å². The van der Waals surface area contributed by atoms with Gasteiger partial charge in [0.1, 0.15) is 11.6 Å². The molecule has 4 aromatic rings. The molecule has 0 aliphatic carbocycles. The zero-order valence-electron chi connectivity index (χ0n) is 22.0. The normalized spacial score (nSPS) is 12.5. The number of pyridine rings is 1. The van der Waals surface area contributed by atoms with Gasteiger partial charge in [-0.25, -0.2) is 15.0 Å². The van der Waals surface area contributed by atoms with Crippen LogP contribution in [0.3, 0.4) is 0 Å². The number of alkyl halides is 6. The van der Waals surface area contributed by atoms with Gasteiger partial charge >= 0.3 is 12.4 Å². The fraction of sp³-hybridized carbons (Fsp3) is 0.321. The monoisotopic (exact) mass is 562 g/mol. The predicted octanol–water partition coefficient (Wildman–Crippen LogP) is 7.25. The minimum Gasteiger partial charge on any atom is -0.340 e. The van der Waals surface area contributed by atoms with Gasteiger partial charge in [-0.2, -0.15) is 26.3 Å². The lowest BCUT2D eigenvalue weighted by Crippen LogP contribution is -2.43. The Labute approximate surface area is 227 Å². The molecule has 0 bridgehead atoms. The van der Waals surface area contributed by atoms with Gasteiger partial charge in [0, 0.05) is 48.4 Å². The zero-order chi connectivity index (χ0) is 29.1. The Bertz CT molecular complexity index is 1450. The summed E-state index contributed by atoms with van der Waals surface area (Å²) >= 11 is 0. The smallest absolute Gasteiger partial charge is 0.340 e. The van der Waals surface area contributed by atoms with E-state index in [0.29, 0.717) is 47.7 Å². The molecule has 12 heteroatoms. The number of rotatable bonds is 9. The number of hydrogen-bond acceptors (Lipinski definition) is 6. The summed E-state index contributed by atoms with van der Waals surface area (Å²) in [6.07, 6.45) is -7.37. The van der Waals surface area contributed by atoms with E-state index in [1.807, 2.05) is 25.8 Å². The molecule has 2 aromatic heterocycles. The van der Waals surface area contributed by atoms with Gasteiger partial charge in [-0.3, -0.25) is 10.4 Å². The minimum absolute atomic E-state index is 0.207. The van der Waals surface area contributed by atoms with E-state index in [9.17, 15) is 26.3 Å². The summed E-state index contributed by atoms with van der Waals surface area (Å²) in [5.74, 6) is 0.739. The lowest BCUT2D eigenvalue weighted by Gasteiger charge is -2.24. The highest BCUT2D eigenvalue weighted by atomic mass is 19.4. The highest BCUT2D eigenvalue weighted by Gasteiger charge is 2.34. The molecule has 212 valence electrons. The number of likely N-dealkylation sites (N-methyl/N-ethyl adjacent to an activating group) is 1. The highest BCUT2D eigenvalue weighted by molar-refractivity contribution is 5.93. The van der Waals surface area contributed by atoms with Gasteiger partial charge in [-0.15, -0.1) is 0 Å². The Morgan fingerprint density at radius 3 is 2.25 bits per heavy atom. The van der Waals surface area contributed by atoms with Crippen LogP contribution in [0.15, 0.2) is 60.8 Å². The number of aromatic nitrogens is 3. The molecular formula is C28H28F6N6. The van der Waals surface area contributed by atoms with Gasteiger partial charge in [0.2, 0.25) is 0 Å². The molecule has 0 amide bonds. The van der Waals surface area contributed by atoms with Crippen LogP contribution in [0.2, 0.25) is 0 Å². The van der Waals surface area contributed by atoms with Crippen molar-refractivity contribution in [1.82, 2.24) is 25.4 Å². The van der Waals surface area contributed by atoms with Crippen LogP contribution in [0.25, 0.3) is 22.2 Å². The molecule has 0 spiro atoms. The summed E-state index contributed by atoms with van der Waals surface area (Å²) in [7, 11) is 0. The molecule has 0 saturated carbocycles. The first-order valence-corrected chi connectivity index (χ1v) is 12.6. The molecule has 0 aliphatic heterocycles. The molecular weight excluding hydrogens is 534 g/mol. The van der Waals surface area contributed by atoms with Crippen molar-refractivity contribution in [3.8, 4) is 11.3 Å². The van der Waals surface area contributed by atoms with Crippen LogP contribution in [0.1, 0.15) is 37.7 Å². The fourth-order valence-electron chi connectivity index (χ4n) is 4.19. The van der Waals surface area contributed by atoms with E-state index < -0.39 is 23.5 Å². The summed E-state index contributed by atoms with van der Waals surface area (Å²) in [6, 6.07) is 11.5. The summed E-state index contributed by atoms with van der Waals surface area (Å²) < 4.78 is 80.1. The first-order chi connectivity index (χ1) is 18.8. The van der Waals surface area contributed by atoms with E-state index in [4.69, 9.17) is 0 Å². The third-order valence-corrected chi connectivity index (χ3v) is 6.03. The minimum atomic E-state index is -4.60. The zero-order valence-corrected chi connectivity index (χ0v) is 22.0. The van der Waals surface area contributed by atoms with Crippen LogP contribution in [-0.2, 0) is 18.8 Å². The second-order valence-electron chi connectivity index (χ2n) is 9.43. The Morgan fingerprint density at radius 1 is 0.900 bits per heavy atom. The molecule has 0 unspecified atom stereocenters. The van der Waals surface area contributed by atoms with E-state index in [-0.39, 0.29) is 17.3 Å². The molecule has 0 saturated heterocycles. The van der Waals surface area contributed by atoms with Gasteiger partial charge in [0.05, 0.1) is 22.3 Å². The van der Waals surface area contributed by atoms with Crippen LogP contribution in [0, 0.1) is 0 Å². The molecule has 2 heterocycles. The van der Waals surface area contributed by atoms with E-state index >= 15 is 0 Å². The molecule has 2 N–H and O–H groups in total. The van der Waals surface area contributed by atoms with Gasteiger partial charge in [-0.1, -0.05) is 13.0 Å². The van der Waals surface area contributed by atoms with Gasteiger partial charge in [-0.05, 0) is 62.4 Å². The van der Waals surface area contributed by atoms with Crippen molar-refractivity contribution in [3.63, 3.8) is 0 Å². The van der Waals surface area contributed by atoms with E-state index in [1.165, 1.54) is 36.5 Å². The lowest BCUT2D eigenvalue weighted by molar-refractivity contribution is -0.138. The molecule has 6 nitrogen and oxygen atoms in total. The van der Waals surface area contributed by atoms with Crippen molar-refractivity contribution in [2.24, 2.45) is 0 Å². The molecule has 2 aromatic carbocycles. The average Bonchev–Trinajstić information content (AvgIpc) is 2.90. The van der Waals surface area contributed by atoms with Crippen LogP contribution in [-0.4, -0.2) is 39.1 Å². The lowest BCUT2D eigenvalue weighted by atomic mass is 10.0. The Morgan fingerprint density at radius 2 is 1.62 bits per heavy atom. The summed E-state index contributed by atoms with van der Waals surface area (Å²) in [6.45, 7) is 7.28. The first-order valence-electron chi connectivity index (χ1n) is 12.6.